The van der Waals surface area contributed by atoms with Crippen LogP contribution >= 0.6 is 11.6 Å². The Morgan fingerprint density at radius 2 is 2.04 bits per heavy atom. The quantitative estimate of drug-likeness (QED) is 0.772. The van der Waals surface area contributed by atoms with Crippen LogP contribution in [-0.4, -0.2) is 43.2 Å². The molecule has 0 aliphatic carbocycles. The highest BCUT2D eigenvalue weighted by Crippen LogP contribution is 2.22. The predicted molar refractivity (Wildman–Crippen MR) is 103 cm³/mol. The molecule has 6 heteroatoms. The van der Waals surface area contributed by atoms with Crippen LogP contribution in [-0.2, 0) is 16.0 Å². The Kier molecular flexibility index (Phi) is 6.69. The Bertz CT molecular complexity index is 781. The molecule has 1 aliphatic rings. The summed E-state index contributed by atoms with van der Waals surface area (Å²) in [4.78, 5) is 14.3. The molecular formula is C21H23ClFNO3. The van der Waals surface area contributed by atoms with Gasteiger partial charge in [-0.05, 0) is 61.2 Å². The molecule has 1 amide bonds. The Morgan fingerprint density at radius 3 is 2.78 bits per heavy atom. The van der Waals surface area contributed by atoms with Crippen LogP contribution in [0.5, 0.6) is 5.75 Å². The van der Waals surface area contributed by atoms with Gasteiger partial charge in [-0.3, -0.25) is 4.79 Å². The van der Waals surface area contributed by atoms with Crippen molar-refractivity contribution in [1.82, 2.24) is 4.90 Å². The van der Waals surface area contributed by atoms with E-state index in [1.807, 2.05) is 6.92 Å². The maximum atomic E-state index is 13.0. The number of carbonyl (C=O) groups is 1. The molecule has 1 saturated heterocycles. The fraction of sp³-hybridized carbons (Fsp3) is 0.381. The molecule has 3 rings (SSSR count). The molecule has 1 heterocycles. The fourth-order valence-corrected chi connectivity index (χ4v) is 3.35. The number of amides is 1. The molecule has 2 aromatic carbocycles. The lowest BCUT2D eigenvalue weighted by Crippen LogP contribution is -2.36. The average Bonchev–Trinajstić information content (AvgIpc) is 2.88. The first-order valence-corrected chi connectivity index (χ1v) is 9.42. The van der Waals surface area contributed by atoms with Crippen LogP contribution in [0.25, 0.3) is 0 Å². The normalized spacial score (nSPS) is 17.4. The molecule has 1 fully saturated rings. The third kappa shape index (κ3) is 5.68. The first kappa shape index (κ1) is 19.6. The highest BCUT2D eigenvalue weighted by atomic mass is 35.5. The summed E-state index contributed by atoms with van der Waals surface area (Å²) >= 11 is 5.94. The molecule has 2 aromatic rings. The summed E-state index contributed by atoms with van der Waals surface area (Å²) < 4.78 is 24.5. The molecule has 0 spiro atoms. The lowest BCUT2D eigenvalue weighted by molar-refractivity contribution is -0.133. The van der Waals surface area contributed by atoms with Crippen LogP contribution in [0.2, 0.25) is 5.02 Å². The second-order valence-corrected chi connectivity index (χ2v) is 7.13. The van der Waals surface area contributed by atoms with Gasteiger partial charge in [0.2, 0.25) is 0 Å². The lowest BCUT2D eigenvalue weighted by atomic mass is 10.1. The van der Waals surface area contributed by atoms with Crippen molar-refractivity contribution in [1.29, 1.82) is 0 Å². The van der Waals surface area contributed by atoms with E-state index in [-0.39, 0.29) is 24.4 Å². The third-order valence-electron chi connectivity index (χ3n) is 4.65. The number of halogens is 2. The number of carbonyl (C=O) groups excluding carboxylic acids is 1. The van der Waals surface area contributed by atoms with Gasteiger partial charge in [0.15, 0.2) is 6.61 Å². The van der Waals surface area contributed by atoms with Gasteiger partial charge in [0.05, 0.1) is 12.7 Å². The van der Waals surface area contributed by atoms with Crippen LogP contribution in [0.1, 0.15) is 17.5 Å². The minimum Gasteiger partial charge on any atom is -0.483 e. The number of aryl methyl sites for hydroxylation is 1. The Hall–Kier alpha value is -2.11. The molecule has 1 unspecified atom stereocenters. The van der Waals surface area contributed by atoms with Crippen molar-refractivity contribution in [3.05, 3.63) is 64.4 Å². The number of nitrogens with zero attached hydrogens (tertiary/aromatic N) is 1. The first-order valence-electron chi connectivity index (χ1n) is 9.04. The maximum Gasteiger partial charge on any atom is 0.260 e. The summed E-state index contributed by atoms with van der Waals surface area (Å²) in [6.45, 7) is 3.53. The zero-order valence-corrected chi connectivity index (χ0v) is 16.0. The van der Waals surface area contributed by atoms with Gasteiger partial charge in [0.1, 0.15) is 11.6 Å². The van der Waals surface area contributed by atoms with E-state index in [1.165, 1.54) is 12.1 Å². The summed E-state index contributed by atoms with van der Waals surface area (Å²) in [5.41, 5.74) is 1.93. The second-order valence-electron chi connectivity index (χ2n) is 6.69. The molecule has 27 heavy (non-hydrogen) atoms. The molecule has 0 N–H and O–H groups in total. The molecule has 0 aromatic heterocycles. The molecule has 1 aliphatic heterocycles. The molecule has 144 valence electrons. The topological polar surface area (TPSA) is 38.8 Å². The molecule has 0 saturated carbocycles. The average molecular weight is 392 g/mol. The van der Waals surface area contributed by atoms with Crippen LogP contribution in [0, 0.1) is 12.7 Å². The summed E-state index contributed by atoms with van der Waals surface area (Å²) in [5, 5.41) is 0.642. The smallest absolute Gasteiger partial charge is 0.260 e. The van der Waals surface area contributed by atoms with E-state index in [1.54, 1.807) is 35.2 Å². The second kappa shape index (κ2) is 9.20. The molecule has 0 bridgehead atoms. The minimum absolute atomic E-state index is 0.00883. The van der Waals surface area contributed by atoms with Gasteiger partial charge in [0.25, 0.3) is 5.91 Å². The van der Waals surface area contributed by atoms with Gasteiger partial charge in [-0.15, -0.1) is 0 Å². The van der Waals surface area contributed by atoms with Crippen molar-refractivity contribution in [2.75, 3.05) is 26.3 Å². The van der Waals surface area contributed by atoms with Crippen molar-refractivity contribution in [3.8, 4) is 5.75 Å². The first-order chi connectivity index (χ1) is 13.0. The zero-order chi connectivity index (χ0) is 19.2. The number of rotatable bonds is 5. The molecular weight excluding hydrogens is 369 g/mol. The van der Waals surface area contributed by atoms with Crippen molar-refractivity contribution in [2.24, 2.45) is 0 Å². The predicted octanol–water partition coefficient (Wildman–Crippen LogP) is 4.03. The van der Waals surface area contributed by atoms with Crippen LogP contribution in [0.15, 0.2) is 42.5 Å². The van der Waals surface area contributed by atoms with E-state index in [0.29, 0.717) is 36.9 Å². The number of benzene rings is 2. The van der Waals surface area contributed by atoms with Gasteiger partial charge in [-0.1, -0.05) is 23.7 Å². The number of hydrogen-bond acceptors (Lipinski definition) is 3. The lowest BCUT2D eigenvalue weighted by Gasteiger charge is -2.20. The van der Waals surface area contributed by atoms with E-state index in [4.69, 9.17) is 21.1 Å². The Labute approximate surface area is 163 Å². The van der Waals surface area contributed by atoms with E-state index in [2.05, 4.69) is 0 Å². The number of ether oxygens (including phenoxy) is 2. The fourth-order valence-electron chi connectivity index (χ4n) is 3.12. The monoisotopic (exact) mass is 391 g/mol. The molecule has 0 radical (unpaired) electrons. The summed E-state index contributed by atoms with van der Waals surface area (Å²) in [5.74, 6) is 0.358. The van der Waals surface area contributed by atoms with E-state index in [9.17, 15) is 9.18 Å². The van der Waals surface area contributed by atoms with Crippen LogP contribution in [0.4, 0.5) is 4.39 Å². The number of hydrogen-bond donors (Lipinski definition) is 0. The highest BCUT2D eigenvalue weighted by molar-refractivity contribution is 6.30. The SMILES string of the molecule is Cc1cc(Cl)ccc1OCC(=O)N1CCOC(Cc2ccc(F)cc2)CC1. The van der Waals surface area contributed by atoms with E-state index >= 15 is 0 Å². The molecule has 4 nitrogen and oxygen atoms in total. The van der Waals surface area contributed by atoms with Gasteiger partial charge in [0, 0.05) is 18.1 Å². The van der Waals surface area contributed by atoms with Crippen LogP contribution in [0.3, 0.4) is 0 Å². The van der Waals surface area contributed by atoms with E-state index in [0.717, 1.165) is 17.5 Å². The van der Waals surface area contributed by atoms with Gasteiger partial charge < -0.3 is 14.4 Å². The minimum atomic E-state index is -0.242. The van der Waals surface area contributed by atoms with E-state index < -0.39 is 0 Å². The largest absolute Gasteiger partial charge is 0.483 e. The Balaban J connectivity index is 1.49. The summed E-state index contributed by atoms with van der Waals surface area (Å²) in [6.07, 6.45) is 1.47. The summed E-state index contributed by atoms with van der Waals surface area (Å²) in [6, 6.07) is 11.8. The maximum absolute atomic E-state index is 13.0. The third-order valence-corrected chi connectivity index (χ3v) is 4.89. The van der Waals surface area contributed by atoms with Gasteiger partial charge >= 0.3 is 0 Å². The molecule has 1 atom stereocenters. The standard InChI is InChI=1S/C21H23ClFNO3/c1-15-12-17(22)4-7-20(15)27-14-21(25)24-9-8-19(26-11-10-24)13-16-2-5-18(23)6-3-16/h2-7,12,19H,8-11,13-14H2,1H3. The van der Waals surface area contributed by atoms with Crippen LogP contribution < -0.4 is 4.74 Å². The van der Waals surface area contributed by atoms with Crippen molar-refractivity contribution in [3.63, 3.8) is 0 Å². The highest BCUT2D eigenvalue weighted by Gasteiger charge is 2.21. The van der Waals surface area contributed by atoms with Gasteiger partial charge in [-0.2, -0.15) is 0 Å². The van der Waals surface area contributed by atoms with Crippen molar-refractivity contribution >= 4 is 17.5 Å². The zero-order valence-electron chi connectivity index (χ0n) is 15.3. The van der Waals surface area contributed by atoms with Crippen molar-refractivity contribution in [2.45, 2.75) is 25.9 Å². The van der Waals surface area contributed by atoms with Gasteiger partial charge in [-0.25, -0.2) is 4.39 Å². The summed E-state index contributed by atoms with van der Waals surface area (Å²) in [7, 11) is 0. The Morgan fingerprint density at radius 1 is 1.26 bits per heavy atom. The van der Waals surface area contributed by atoms with Crippen molar-refractivity contribution < 1.29 is 18.7 Å².